The zero-order chi connectivity index (χ0) is 16.9. The molecule has 0 aliphatic carbocycles. The van der Waals surface area contributed by atoms with E-state index in [2.05, 4.69) is 5.32 Å². The number of amides is 2. The van der Waals surface area contributed by atoms with Crippen LogP contribution in [-0.4, -0.2) is 40.4 Å². The minimum atomic E-state index is -0.202. The molecule has 0 atom stereocenters. The van der Waals surface area contributed by atoms with Crippen LogP contribution in [0.2, 0.25) is 0 Å². The van der Waals surface area contributed by atoms with Crippen molar-refractivity contribution >= 4 is 11.8 Å². The van der Waals surface area contributed by atoms with E-state index in [1.807, 2.05) is 0 Å². The lowest BCUT2D eigenvalue weighted by atomic mass is 10.0. The molecular formula is C17H19N3O4. The van der Waals surface area contributed by atoms with E-state index in [0.29, 0.717) is 31.7 Å². The summed E-state index contributed by atoms with van der Waals surface area (Å²) in [4.78, 5) is 37.6. The number of aromatic nitrogens is 1. The van der Waals surface area contributed by atoms with Crippen molar-refractivity contribution in [1.29, 1.82) is 0 Å². The average molecular weight is 329 g/mol. The van der Waals surface area contributed by atoms with Gasteiger partial charge < -0.3 is 19.2 Å². The van der Waals surface area contributed by atoms with Gasteiger partial charge in [0.1, 0.15) is 6.54 Å². The number of furan rings is 1. The highest BCUT2D eigenvalue weighted by Gasteiger charge is 2.25. The molecule has 0 unspecified atom stereocenters. The summed E-state index contributed by atoms with van der Waals surface area (Å²) in [5.74, 6) is 0.0145. The molecule has 1 aliphatic rings. The molecule has 7 heteroatoms. The minimum Gasteiger partial charge on any atom is -0.459 e. The van der Waals surface area contributed by atoms with Gasteiger partial charge in [0.2, 0.25) is 5.91 Å². The standard InChI is InChI=1S/C17H19N3O4/c21-15(12-20-8-2-1-5-16(20)22)18-13-6-9-19(10-7-13)17(23)14-4-3-11-24-14/h1-5,8,11,13H,6-7,9-10,12H2,(H,18,21). The maximum absolute atomic E-state index is 12.2. The topological polar surface area (TPSA) is 84.5 Å². The largest absolute Gasteiger partial charge is 0.459 e. The summed E-state index contributed by atoms with van der Waals surface area (Å²) in [5, 5.41) is 2.93. The first-order valence-electron chi connectivity index (χ1n) is 7.91. The van der Waals surface area contributed by atoms with Crippen LogP contribution in [0, 0.1) is 0 Å². The Balaban J connectivity index is 1.48. The summed E-state index contributed by atoms with van der Waals surface area (Å²) in [7, 11) is 0. The average Bonchev–Trinajstić information content (AvgIpc) is 3.11. The Kier molecular flexibility index (Phi) is 4.79. The molecule has 0 bridgehead atoms. The van der Waals surface area contributed by atoms with Crippen LogP contribution in [0.1, 0.15) is 23.4 Å². The van der Waals surface area contributed by atoms with E-state index in [4.69, 9.17) is 4.42 Å². The highest BCUT2D eigenvalue weighted by molar-refractivity contribution is 5.91. The monoisotopic (exact) mass is 329 g/mol. The number of hydrogen-bond donors (Lipinski definition) is 1. The molecule has 3 heterocycles. The van der Waals surface area contributed by atoms with Crippen molar-refractivity contribution in [3.63, 3.8) is 0 Å². The van der Waals surface area contributed by atoms with Crippen molar-refractivity contribution in [3.05, 3.63) is 58.9 Å². The zero-order valence-corrected chi connectivity index (χ0v) is 13.2. The van der Waals surface area contributed by atoms with E-state index >= 15 is 0 Å². The third-order valence-electron chi connectivity index (χ3n) is 4.09. The Bertz CT molecular complexity index is 758. The molecular weight excluding hydrogens is 310 g/mol. The summed E-state index contributed by atoms with van der Waals surface area (Å²) in [6.07, 6.45) is 4.43. The molecule has 2 amide bonds. The number of likely N-dealkylation sites (tertiary alicyclic amines) is 1. The lowest BCUT2D eigenvalue weighted by molar-refractivity contribution is -0.122. The predicted molar refractivity (Wildman–Crippen MR) is 86.5 cm³/mol. The summed E-state index contributed by atoms with van der Waals surface area (Å²) in [5.41, 5.74) is -0.202. The molecule has 1 fully saturated rings. The lowest BCUT2D eigenvalue weighted by Gasteiger charge is -2.31. The van der Waals surface area contributed by atoms with Gasteiger partial charge in [0.25, 0.3) is 11.5 Å². The van der Waals surface area contributed by atoms with Crippen molar-refractivity contribution in [3.8, 4) is 0 Å². The summed E-state index contributed by atoms with van der Waals surface area (Å²) in [6.45, 7) is 1.14. The number of carbonyl (C=O) groups excluding carboxylic acids is 2. The zero-order valence-electron chi connectivity index (χ0n) is 13.2. The van der Waals surface area contributed by atoms with Gasteiger partial charge in [-0.05, 0) is 31.0 Å². The van der Waals surface area contributed by atoms with Crippen molar-refractivity contribution in [2.45, 2.75) is 25.4 Å². The van der Waals surface area contributed by atoms with Gasteiger partial charge in [0.05, 0.1) is 6.26 Å². The first kappa shape index (κ1) is 16.0. The van der Waals surface area contributed by atoms with Crippen LogP contribution in [-0.2, 0) is 11.3 Å². The quantitative estimate of drug-likeness (QED) is 0.902. The predicted octanol–water partition coefficient (Wildman–Crippen LogP) is 0.862. The van der Waals surface area contributed by atoms with Crippen LogP contribution in [0.15, 0.2) is 52.0 Å². The van der Waals surface area contributed by atoms with Gasteiger partial charge in [-0.25, -0.2) is 0 Å². The molecule has 2 aromatic rings. The van der Waals surface area contributed by atoms with Crippen LogP contribution in [0.5, 0.6) is 0 Å². The number of nitrogens with one attached hydrogen (secondary N) is 1. The number of carbonyl (C=O) groups is 2. The summed E-state index contributed by atoms with van der Waals surface area (Å²) >= 11 is 0. The van der Waals surface area contributed by atoms with Crippen molar-refractivity contribution in [2.24, 2.45) is 0 Å². The van der Waals surface area contributed by atoms with Gasteiger partial charge in [0.15, 0.2) is 5.76 Å². The number of piperidine rings is 1. The Morgan fingerprint density at radius 2 is 1.96 bits per heavy atom. The Morgan fingerprint density at radius 3 is 2.62 bits per heavy atom. The maximum Gasteiger partial charge on any atom is 0.289 e. The number of pyridine rings is 1. The van der Waals surface area contributed by atoms with E-state index in [0.717, 1.165) is 0 Å². The number of nitrogens with zero attached hydrogens (tertiary/aromatic N) is 2. The first-order chi connectivity index (χ1) is 11.6. The highest BCUT2D eigenvalue weighted by Crippen LogP contribution is 2.14. The van der Waals surface area contributed by atoms with Gasteiger partial charge in [-0.3, -0.25) is 14.4 Å². The van der Waals surface area contributed by atoms with Gasteiger partial charge >= 0.3 is 0 Å². The number of rotatable bonds is 4. The summed E-state index contributed by atoms with van der Waals surface area (Å²) in [6, 6.07) is 8.12. The molecule has 1 aliphatic heterocycles. The molecule has 7 nitrogen and oxygen atoms in total. The second-order valence-electron chi connectivity index (χ2n) is 5.78. The van der Waals surface area contributed by atoms with E-state index in [1.165, 1.54) is 16.9 Å². The van der Waals surface area contributed by atoms with E-state index < -0.39 is 0 Å². The Morgan fingerprint density at radius 1 is 1.17 bits per heavy atom. The third-order valence-corrected chi connectivity index (χ3v) is 4.09. The van der Waals surface area contributed by atoms with Crippen LogP contribution >= 0.6 is 0 Å². The maximum atomic E-state index is 12.2. The lowest BCUT2D eigenvalue weighted by Crippen LogP contribution is -2.47. The molecule has 0 radical (unpaired) electrons. The molecule has 126 valence electrons. The van der Waals surface area contributed by atoms with Gasteiger partial charge in [-0.15, -0.1) is 0 Å². The van der Waals surface area contributed by atoms with Crippen LogP contribution < -0.4 is 10.9 Å². The Labute approximate surface area is 138 Å². The fourth-order valence-corrected chi connectivity index (χ4v) is 2.80. The molecule has 3 rings (SSSR count). The molecule has 0 aromatic carbocycles. The second kappa shape index (κ2) is 7.16. The van der Waals surface area contributed by atoms with Crippen molar-refractivity contribution in [2.75, 3.05) is 13.1 Å². The first-order valence-corrected chi connectivity index (χ1v) is 7.91. The van der Waals surface area contributed by atoms with Crippen LogP contribution in [0.25, 0.3) is 0 Å². The fourth-order valence-electron chi connectivity index (χ4n) is 2.80. The van der Waals surface area contributed by atoms with Crippen molar-refractivity contribution in [1.82, 2.24) is 14.8 Å². The Hall–Kier alpha value is -2.83. The second-order valence-corrected chi connectivity index (χ2v) is 5.78. The minimum absolute atomic E-state index is 0.00517. The van der Waals surface area contributed by atoms with Gasteiger partial charge in [-0.1, -0.05) is 6.07 Å². The molecule has 0 spiro atoms. The molecule has 1 saturated heterocycles. The van der Waals surface area contributed by atoms with Gasteiger partial charge in [-0.2, -0.15) is 0 Å². The highest BCUT2D eigenvalue weighted by atomic mass is 16.3. The van der Waals surface area contributed by atoms with Gasteiger partial charge in [0, 0.05) is 31.4 Å². The molecule has 2 aromatic heterocycles. The van der Waals surface area contributed by atoms with Crippen molar-refractivity contribution < 1.29 is 14.0 Å². The summed E-state index contributed by atoms with van der Waals surface area (Å²) < 4.78 is 6.49. The third kappa shape index (κ3) is 3.73. The molecule has 1 N–H and O–H groups in total. The van der Waals surface area contributed by atoms with Crippen LogP contribution in [0.4, 0.5) is 0 Å². The fraction of sp³-hybridized carbons (Fsp3) is 0.353. The smallest absolute Gasteiger partial charge is 0.289 e. The van der Waals surface area contributed by atoms with E-state index in [1.54, 1.807) is 35.4 Å². The van der Waals surface area contributed by atoms with E-state index in [-0.39, 0.29) is 30.0 Å². The van der Waals surface area contributed by atoms with Crippen LogP contribution in [0.3, 0.4) is 0 Å². The SMILES string of the molecule is O=C(Cn1ccccc1=O)NC1CCN(C(=O)c2ccco2)CC1. The van der Waals surface area contributed by atoms with E-state index in [9.17, 15) is 14.4 Å². The molecule has 24 heavy (non-hydrogen) atoms. The normalized spacial score (nSPS) is 15.2. The molecule has 0 saturated carbocycles. The number of hydrogen-bond acceptors (Lipinski definition) is 4.